The average Bonchev–Trinajstić information content (AvgIpc) is 3.04. The highest BCUT2D eigenvalue weighted by Gasteiger charge is 2.23. The van der Waals surface area contributed by atoms with E-state index >= 15 is 0 Å². The molecule has 0 atom stereocenters. The number of aromatic nitrogens is 2. The highest BCUT2D eigenvalue weighted by molar-refractivity contribution is 7.09. The van der Waals surface area contributed by atoms with E-state index in [9.17, 15) is 0 Å². The topological polar surface area (TPSA) is 21.1 Å². The molecule has 3 nitrogen and oxygen atoms in total. The summed E-state index contributed by atoms with van der Waals surface area (Å²) >= 11 is 1.86. The minimum atomic E-state index is 0.505. The van der Waals surface area contributed by atoms with Gasteiger partial charge >= 0.3 is 0 Å². The summed E-state index contributed by atoms with van der Waals surface area (Å²) in [7, 11) is 2.17. The van der Waals surface area contributed by atoms with Gasteiger partial charge in [0.2, 0.25) is 0 Å². The molecule has 2 aromatic rings. The van der Waals surface area contributed by atoms with Gasteiger partial charge in [0.25, 0.3) is 0 Å². The molecule has 0 radical (unpaired) electrons. The van der Waals surface area contributed by atoms with Crippen LogP contribution in [0, 0.1) is 0 Å². The SMILES string of the molecule is CC(C)c1nc2c(n1C)CCN(CCc1cccs1)C2. The summed E-state index contributed by atoms with van der Waals surface area (Å²) in [6.45, 7) is 7.77. The third kappa shape index (κ3) is 2.67. The van der Waals surface area contributed by atoms with E-state index in [0.717, 1.165) is 32.5 Å². The third-order valence-corrected chi connectivity index (χ3v) is 5.08. The van der Waals surface area contributed by atoms with Gasteiger partial charge in [0.05, 0.1) is 5.69 Å². The molecule has 0 N–H and O–H groups in total. The zero-order valence-electron chi connectivity index (χ0n) is 12.6. The van der Waals surface area contributed by atoms with Crippen molar-refractivity contribution in [2.45, 2.75) is 39.2 Å². The van der Waals surface area contributed by atoms with E-state index in [1.807, 2.05) is 11.3 Å². The lowest BCUT2D eigenvalue weighted by atomic mass is 10.1. The van der Waals surface area contributed by atoms with Crippen LogP contribution in [0.4, 0.5) is 0 Å². The van der Waals surface area contributed by atoms with Gasteiger partial charge in [0, 0.05) is 49.6 Å². The molecule has 20 heavy (non-hydrogen) atoms. The smallest absolute Gasteiger partial charge is 0.111 e. The zero-order chi connectivity index (χ0) is 14.1. The maximum atomic E-state index is 4.87. The number of nitrogens with zero attached hydrogens (tertiary/aromatic N) is 3. The molecule has 0 saturated heterocycles. The van der Waals surface area contributed by atoms with Crippen LogP contribution in [0.15, 0.2) is 17.5 Å². The minimum Gasteiger partial charge on any atom is -0.335 e. The fourth-order valence-corrected chi connectivity index (χ4v) is 3.73. The van der Waals surface area contributed by atoms with Crippen LogP contribution in [0.1, 0.15) is 41.9 Å². The van der Waals surface area contributed by atoms with Crippen LogP contribution in [-0.2, 0) is 26.4 Å². The van der Waals surface area contributed by atoms with E-state index in [1.54, 1.807) is 0 Å². The van der Waals surface area contributed by atoms with Crippen LogP contribution >= 0.6 is 11.3 Å². The number of fused-ring (bicyclic) bond motifs is 1. The summed E-state index contributed by atoms with van der Waals surface area (Å²) in [6, 6.07) is 4.37. The fourth-order valence-electron chi connectivity index (χ4n) is 3.03. The Hall–Kier alpha value is -1.13. The molecule has 4 heteroatoms. The zero-order valence-corrected chi connectivity index (χ0v) is 13.4. The Kier molecular flexibility index (Phi) is 3.94. The Morgan fingerprint density at radius 3 is 2.95 bits per heavy atom. The number of thiophene rings is 1. The van der Waals surface area contributed by atoms with E-state index in [0.29, 0.717) is 5.92 Å². The lowest BCUT2D eigenvalue weighted by molar-refractivity contribution is 0.252. The summed E-state index contributed by atoms with van der Waals surface area (Å²) in [5.41, 5.74) is 2.75. The molecule has 0 fully saturated rings. The maximum Gasteiger partial charge on any atom is 0.111 e. The predicted octanol–water partition coefficient (Wildman–Crippen LogP) is 3.21. The van der Waals surface area contributed by atoms with Crippen LogP contribution in [0.5, 0.6) is 0 Å². The van der Waals surface area contributed by atoms with Gasteiger partial charge in [-0.25, -0.2) is 4.98 Å². The molecule has 108 valence electrons. The molecule has 3 heterocycles. The van der Waals surface area contributed by atoms with Crippen LogP contribution in [-0.4, -0.2) is 27.5 Å². The van der Waals surface area contributed by atoms with Gasteiger partial charge in [-0.05, 0) is 17.9 Å². The Morgan fingerprint density at radius 1 is 1.40 bits per heavy atom. The molecule has 0 bridgehead atoms. The normalized spacial score (nSPS) is 15.8. The van der Waals surface area contributed by atoms with Gasteiger partial charge in [0.1, 0.15) is 5.82 Å². The Bertz CT molecular complexity index is 569. The molecule has 0 saturated carbocycles. The van der Waals surface area contributed by atoms with Gasteiger partial charge in [0.15, 0.2) is 0 Å². The number of imidazole rings is 1. The highest BCUT2D eigenvalue weighted by atomic mass is 32.1. The van der Waals surface area contributed by atoms with Crippen molar-refractivity contribution >= 4 is 11.3 Å². The molecule has 0 aromatic carbocycles. The first-order valence-electron chi connectivity index (χ1n) is 7.44. The van der Waals surface area contributed by atoms with E-state index in [2.05, 4.69) is 47.9 Å². The molecule has 3 rings (SSSR count). The Morgan fingerprint density at radius 2 is 2.25 bits per heavy atom. The minimum absolute atomic E-state index is 0.505. The average molecular weight is 289 g/mol. The first kappa shape index (κ1) is 13.8. The molecule has 0 unspecified atom stereocenters. The summed E-state index contributed by atoms with van der Waals surface area (Å²) in [5.74, 6) is 1.74. The molecule has 0 aliphatic carbocycles. The lowest BCUT2D eigenvalue weighted by Crippen LogP contribution is -2.32. The van der Waals surface area contributed by atoms with E-state index in [4.69, 9.17) is 4.98 Å². The second-order valence-electron chi connectivity index (χ2n) is 5.93. The largest absolute Gasteiger partial charge is 0.335 e. The van der Waals surface area contributed by atoms with Crippen molar-refractivity contribution in [1.29, 1.82) is 0 Å². The summed E-state index contributed by atoms with van der Waals surface area (Å²) in [4.78, 5) is 8.90. The molecule has 1 aliphatic rings. The molecule has 0 amide bonds. The summed E-state index contributed by atoms with van der Waals surface area (Å²) in [5, 5.41) is 2.16. The molecule has 2 aromatic heterocycles. The third-order valence-electron chi connectivity index (χ3n) is 4.14. The number of hydrogen-bond donors (Lipinski definition) is 0. The summed E-state index contributed by atoms with van der Waals surface area (Å²) < 4.78 is 2.32. The lowest BCUT2D eigenvalue weighted by Gasteiger charge is -2.26. The van der Waals surface area contributed by atoms with Gasteiger partial charge in [-0.15, -0.1) is 11.3 Å². The second kappa shape index (κ2) is 5.70. The van der Waals surface area contributed by atoms with Crippen molar-refractivity contribution in [2.75, 3.05) is 13.1 Å². The second-order valence-corrected chi connectivity index (χ2v) is 6.96. The van der Waals surface area contributed by atoms with E-state index < -0.39 is 0 Å². The quantitative estimate of drug-likeness (QED) is 0.862. The molecular weight excluding hydrogens is 266 g/mol. The summed E-state index contributed by atoms with van der Waals surface area (Å²) in [6.07, 6.45) is 2.30. The van der Waals surface area contributed by atoms with Gasteiger partial charge < -0.3 is 4.57 Å². The van der Waals surface area contributed by atoms with Crippen LogP contribution < -0.4 is 0 Å². The van der Waals surface area contributed by atoms with Crippen LogP contribution in [0.25, 0.3) is 0 Å². The van der Waals surface area contributed by atoms with Gasteiger partial charge in [-0.1, -0.05) is 19.9 Å². The van der Waals surface area contributed by atoms with Gasteiger partial charge in [-0.2, -0.15) is 0 Å². The van der Waals surface area contributed by atoms with Crippen molar-refractivity contribution < 1.29 is 0 Å². The highest BCUT2D eigenvalue weighted by Crippen LogP contribution is 2.23. The van der Waals surface area contributed by atoms with Crippen molar-refractivity contribution in [2.24, 2.45) is 7.05 Å². The number of rotatable bonds is 4. The maximum absolute atomic E-state index is 4.87. The van der Waals surface area contributed by atoms with E-state index in [1.165, 1.54) is 22.1 Å². The molecule has 1 aliphatic heterocycles. The molecule has 0 spiro atoms. The predicted molar refractivity (Wildman–Crippen MR) is 84.3 cm³/mol. The van der Waals surface area contributed by atoms with Crippen molar-refractivity contribution in [1.82, 2.24) is 14.5 Å². The van der Waals surface area contributed by atoms with Gasteiger partial charge in [-0.3, -0.25) is 4.90 Å². The first-order chi connectivity index (χ1) is 9.65. The van der Waals surface area contributed by atoms with Crippen LogP contribution in [0.2, 0.25) is 0 Å². The monoisotopic (exact) mass is 289 g/mol. The van der Waals surface area contributed by atoms with Crippen molar-refractivity contribution in [3.8, 4) is 0 Å². The van der Waals surface area contributed by atoms with Crippen molar-refractivity contribution in [3.63, 3.8) is 0 Å². The first-order valence-corrected chi connectivity index (χ1v) is 8.32. The Balaban J connectivity index is 1.67. The van der Waals surface area contributed by atoms with Crippen LogP contribution in [0.3, 0.4) is 0 Å². The Labute approximate surface area is 125 Å². The standard InChI is InChI=1S/C16H23N3S/c1-12(2)16-17-14-11-19(9-7-15(14)18(16)3)8-6-13-5-4-10-20-13/h4-5,10,12H,6-9,11H2,1-3H3. The molecular formula is C16H23N3S. The van der Waals surface area contributed by atoms with Crippen molar-refractivity contribution in [3.05, 3.63) is 39.6 Å². The number of hydrogen-bond acceptors (Lipinski definition) is 3. The van der Waals surface area contributed by atoms with E-state index in [-0.39, 0.29) is 0 Å². The fraction of sp³-hybridized carbons (Fsp3) is 0.562.